The molecule has 2 heterocycles. The number of nitrogens with one attached hydrogen (secondary N) is 1. The standard InChI is InChI=1S/C16H13N3O3/c20-10-5-3-8(4-6-10)12-7-11(16(21)22)13-14(9-1-2-9)18-19-15(13)17-12/h3-7,9,20H,1-2H2,(H,21,22)(H,17,18,19). The fraction of sp³-hybridized carbons (Fsp3) is 0.188. The van der Waals surface area contributed by atoms with Gasteiger partial charge in [-0.1, -0.05) is 0 Å². The van der Waals surface area contributed by atoms with E-state index in [1.54, 1.807) is 30.3 Å². The largest absolute Gasteiger partial charge is 0.508 e. The Morgan fingerprint density at radius 3 is 2.59 bits per heavy atom. The fourth-order valence-corrected chi connectivity index (χ4v) is 2.66. The molecule has 3 aromatic rings. The third kappa shape index (κ3) is 2.00. The van der Waals surface area contributed by atoms with Gasteiger partial charge in [-0.2, -0.15) is 5.10 Å². The van der Waals surface area contributed by atoms with Crippen molar-refractivity contribution in [1.29, 1.82) is 0 Å². The van der Waals surface area contributed by atoms with Crippen LogP contribution >= 0.6 is 0 Å². The monoisotopic (exact) mass is 295 g/mol. The number of phenolic OH excluding ortho intramolecular Hbond substituents is 1. The maximum Gasteiger partial charge on any atom is 0.336 e. The minimum atomic E-state index is -0.990. The second-order valence-corrected chi connectivity index (χ2v) is 5.51. The molecule has 1 aliphatic rings. The zero-order chi connectivity index (χ0) is 15.3. The highest BCUT2D eigenvalue weighted by atomic mass is 16.4. The molecule has 0 atom stereocenters. The van der Waals surface area contributed by atoms with Crippen LogP contribution in [0.1, 0.15) is 34.8 Å². The number of nitrogens with zero attached hydrogens (tertiary/aromatic N) is 2. The Morgan fingerprint density at radius 2 is 1.95 bits per heavy atom. The first-order valence-corrected chi connectivity index (χ1v) is 7.05. The predicted molar refractivity (Wildman–Crippen MR) is 79.9 cm³/mol. The van der Waals surface area contributed by atoms with Gasteiger partial charge in [0, 0.05) is 11.5 Å². The van der Waals surface area contributed by atoms with Crippen LogP contribution in [0.5, 0.6) is 5.75 Å². The zero-order valence-electron chi connectivity index (χ0n) is 11.6. The van der Waals surface area contributed by atoms with Crippen molar-refractivity contribution in [3.63, 3.8) is 0 Å². The number of aromatic hydroxyl groups is 1. The summed E-state index contributed by atoms with van der Waals surface area (Å²) in [4.78, 5) is 16.1. The summed E-state index contributed by atoms with van der Waals surface area (Å²) in [5, 5.41) is 26.6. The first-order chi connectivity index (χ1) is 10.6. The van der Waals surface area contributed by atoms with Crippen LogP contribution in [-0.2, 0) is 0 Å². The second kappa shape index (κ2) is 4.56. The number of rotatable bonds is 3. The van der Waals surface area contributed by atoms with Gasteiger partial charge in [-0.15, -0.1) is 0 Å². The van der Waals surface area contributed by atoms with Crippen molar-refractivity contribution >= 4 is 17.0 Å². The van der Waals surface area contributed by atoms with Gasteiger partial charge in [0.2, 0.25) is 0 Å². The molecule has 22 heavy (non-hydrogen) atoms. The summed E-state index contributed by atoms with van der Waals surface area (Å²) >= 11 is 0. The Morgan fingerprint density at radius 1 is 1.23 bits per heavy atom. The molecule has 0 unspecified atom stereocenters. The number of pyridine rings is 1. The summed E-state index contributed by atoms with van der Waals surface area (Å²) in [5.41, 5.74) is 2.78. The van der Waals surface area contributed by atoms with E-state index in [4.69, 9.17) is 0 Å². The maximum atomic E-state index is 11.6. The number of aromatic carboxylic acids is 1. The first-order valence-electron chi connectivity index (χ1n) is 7.05. The molecule has 0 saturated heterocycles. The minimum Gasteiger partial charge on any atom is -0.508 e. The van der Waals surface area contributed by atoms with E-state index in [-0.39, 0.29) is 11.3 Å². The van der Waals surface area contributed by atoms with Gasteiger partial charge in [0.15, 0.2) is 5.65 Å². The van der Waals surface area contributed by atoms with E-state index in [9.17, 15) is 15.0 Å². The Labute approximate surface area is 125 Å². The molecule has 2 aromatic heterocycles. The molecule has 0 amide bonds. The van der Waals surface area contributed by atoms with Crippen LogP contribution in [0.25, 0.3) is 22.3 Å². The lowest BCUT2D eigenvalue weighted by molar-refractivity contribution is 0.0699. The average molecular weight is 295 g/mol. The summed E-state index contributed by atoms with van der Waals surface area (Å²) in [6.45, 7) is 0. The van der Waals surface area contributed by atoms with Crippen molar-refractivity contribution in [2.24, 2.45) is 0 Å². The highest BCUT2D eigenvalue weighted by Crippen LogP contribution is 2.43. The molecule has 0 radical (unpaired) electrons. The molecule has 4 rings (SSSR count). The third-order valence-corrected chi connectivity index (χ3v) is 3.92. The Hall–Kier alpha value is -2.89. The number of carboxylic acid groups (broad SMARTS) is 1. The molecule has 3 N–H and O–H groups in total. The van der Waals surface area contributed by atoms with E-state index in [0.29, 0.717) is 22.6 Å². The molecule has 6 nitrogen and oxygen atoms in total. The number of phenols is 1. The smallest absolute Gasteiger partial charge is 0.336 e. The van der Waals surface area contributed by atoms with Crippen LogP contribution in [0.4, 0.5) is 0 Å². The zero-order valence-corrected chi connectivity index (χ0v) is 11.6. The topological polar surface area (TPSA) is 99.1 Å². The molecule has 6 heteroatoms. The summed E-state index contributed by atoms with van der Waals surface area (Å²) in [6, 6.07) is 8.06. The number of aromatic nitrogens is 3. The molecule has 0 spiro atoms. The van der Waals surface area contributed by atoms with Gasteiger partial charge in [-0.25, -0.2) is 9.78 Å². The molecular weight excluding hydrogens is 282 g/mol. The van der Waals surface area contributed by atoms with Crippen LogP contribution < -0.4 is 0 Å². The molecule has 0 aliphatic heterocycles. The quantitative estimate of drug-likeness (QED) is 0.690. The number of fused-ring (bicyclic) bond motifs is 1. The van der Waals surface area contributed by atoms with Crippen LogP contribution in [-0.4, -0.2) is 31.4 Å². The van der Waals surface area contributed by atoms with E-state index in [1.807, 2.05) is 0 Å². The van der Waals surface area contributed by atoms with Gasteiger partial charge in [-0.3, -0.25) is 5.10 Å². The first kappa shape index (κ1) is 12.8. The highest BCUT2D eigenvalue weighted by molar-refractivity contribution is 6.04. The number of hydrogen-bond donors (Lipinski definition) is 3. The number of H-pyrrole nitrogens is 1. The van der Waals surface area contributed by atoms with E-state index in [0.717, 1.165) is 24.1 Å². The summed E-state index contributed by atoms with van der Waals surface area (Å²) in [6.07, 6.45) is 2.08. The Bertz CT molecular complexity index is 880. The van der Waals surface area contributed by atoms with Crippen LogP contribution in [0, 0.1) is 0 Å². The fourth-order valence-electron chi connectivity index (χ4n) is 2.66. The van der Waals surface area contributed by atoms with E-state index in [1.165, 1.54) is 0 Å². The minimum absolute atomic E-state index is 0.154. The van der Waals surface area contributed by atoms with Crippen molar-refractivity contribution in [2.45, 2.75) is 18.8 Å². The van der Waals surface area contributed by atoms with Crippen molar-refractivity contribution in [1.82, 2.24) is 15.2 Å². The molecule has 0 bridgehead atoms. The van der Waals surface area contributed by atoms with Gasteiger partial charge in [0.25, 0.3) is 0 Å². The van der Waals surface area contributed by atoms with Crippen molar-refractivity contribution in [3.05, 3.63) is 41.6 Å². The van der Waals surface area contributed by atoms with Gasteiger partial charge < -0.3 is 10.2 Å². The molecule has 1 saturated carbocycles. The summed E-state index contributed by atoms with van der Waals surface area (Å²) < 4.78 is 0. The average Bonchev–Trinajstić information content (AvgIpc) is 3.26. The van der Waals surface area contributed by atoms with Crippen molar-refractivity contribution < 1.29 is 15.0 Å². The van der Waals surface area contributed by atoms with Crippen LogP contribution in [0.15, 0.2) is 30.3 Å². The SMILES string of the molecule is O=C(O)c1cc(-c2ccc(O)cc2)nc2[nH]nc(C3CC3)c12. The molecule has 1 aromatic carbocycles. The van der Waals surface area contributed by atoms with Gasteiger partial charge in [-0.05, 0) is 43.2 Å². The Kier molecular flexibility index (Phi) is 2.66. The normalized spacial score (nSPS) is 14.4. The predicted octanol–water partition coefficient (Wildman–Crippen LogP) is 2.91. The van der Waals surface area contributed by atoms with E-state index in [2.05, 4.69) is 15.2 Å². The lowest BCUT2D eigenvalue weighted by Gasteiger charge is -2.05. The second-order valence-electron chi connectivity index (χ2n) is 5.51. The number of aromatic amines is 1. The van der Waals surface area contributed by atoms with Crippen LogP contribution in [0.2, 0.25) is 0 Å². The van der Waals surface area contributed by atoms with E-state index >= 15 is 0 Å². The van der Waals surface area contributed by atoms with Crippen molar-refractivity contribution in [3.8, 4) is 17.0 Å². The van der Waals surface area contributed by atoms with Gasteiger partial charge >= 0.3 is 5.97 Å². The summed E-state index contributed by atoms with van der Waals surface area (Å²) in [5.74, 6) is -0.496. The van der Waals surface area contributed by atoms with Gasteiger partial charge in [0.05, 0.1) is 22.3 Å². The highest BCUT2D eigenvalue weighted by Gasteiger charge is 2.30. The number of hydrogen-bond acceptors (Lipinski definition) is 4. The Balaban J connectivity index is 1.94. The van der Waals surface area contributed by atoms with E-state index < -0.39 is 5.97 Å². The lowest BCUT2D eigenvalue weighted by Crippen LogP contribution is -2.00. The summed E-state index contributed by atoms with van der Waals surface area (Å²) in [7, 11) is 0. The number of carbonyl (C=O) groups is 1. The molecule has 110 valence electrons. The third-order valence-electron chi connectivity index (χ3n) is 3.92. The van der Waals surface area contributed by atoms with Crippen LogP contribution in [0.3, 0.4) is 0 Å². The van der Waals surface area contributed by atoms with Crippen molar-refractivity contribution in [2.75, 3.05) is 0 Å². The number of benzene rings is 1. The van der Waals surface area contributed by atoms with Gasteiger partial charge in [0.1, 0.15) is 5.75 Å². The molecular formula is C16H13N3O3. The number of carboxylic acids is 1. The molecule has 1 aliphatic carbocycles. The molecule has 1 fully saturated rings. The maximum absolute atomic E-state index is 11.6. The lowest BCUT2D eigenvalue weighted by atomic mass is 10.0.